The lowest BCUT2D eigenvalue weighted by atomic mass is 10.2. The number of carbonyl (C=O) groups excluding carboxylic acids is 2. The van der Waals surface area contributed by atoms with Crippen LogP contribution in [0.5, 0.6) is 0 Å². The fourth-order valence-electron chi connectivity index (χ4n) is 2.13. The summed E-state index contributed by atoms with van der Waals surface area (Å²) < 4.78 is 0. The molecule has 0 aliphatic carbocycles. The van der Waals surface area contributed by atoms with Crippen molar-refractivity contribution in [3.05, 3.63) is 24.0 Å². The van der Waals surface area contributed by atoms with Crippen LogP contribution in [0, 0.1) is 0 Å². The molecule has 3 N–H and O–H groups in total. The highest BCUT2D eigenvalue weighted by Crippen LogP contribution is 2.13. The van der Waals surface area contributed by atoms with Crippen LogP contribution < -0.4 is 16.0 Å². The van der Waals surface area contributed by atoms with Crippen LogP contribution >= 0.6 is 0 Å². The maximum absolute atomic E-state index is 12.2. The van der Waals surface area contributed by atoms with E-state index < -0.39 is 0 Å². The van der Waals surface area contributed by atoms with Crippen LogP contribution in [0.15, 0.2) is 18.5 Å². The van der Waals surface area contributed by atoms with Gasteiger partial charge >= 0.3 is 0 Å². The fourth-order valence-corrected chi connectivity index (χ4v) is 2.13. The first-order valence-corrected chi connectivity index (χ1v) is 6.96. The molecule has 0 radical (unpaired) electrons. The van der Waals surface area contributed by atoms with Gasteiger partial charge in [-0.05, 0) is 18.9 Å². The Kier molecular flexibility index (Phi) is 4.92. The van der Waals surface area contributed by atoms with Gasteiger partial charge in [-0.3, -0.25) is 14.6 Å². The van der Waals surface area contributed by atoms with E-state index in [-0.39, 0.29) is 17.9 Å². The highest BCUT2D eigenvalue weighted by molar-refractivity contribution is 5.99. The maximum atomic E-state index is 12.2. The maximum Gasteiger partial charge on any atom is 0.253 e. The largest absolute Gasteiger partial charge is 0.383 e. The predicted molar refractivity (Wildman–Crippen MR) is 76.5 cm³/mol. The van der Waals surface area contributed by atoms with Gasteiger partial charge in [-0.15, -0.1) is 0 Å². The molecule has 1 atom stereocenters. The van der Waals surface area contributed by atoms with Crippen molar-refractivity contribution in [2.24, 2.45) is 0 Å². The number of amides is 2. The molecule has 0 spiro atoms. The van der Waals surface area contributed by atoms with Crippen LogP contribution in [-0.4, -0.2) is 35.9 Å². The van der Waals surface area contributed by atoms with Gasteiger partial charge in [0, 0.05) is 31.7 Å². The van der Waals surface area contributed by atoms with Crippen molar-refractivity contribution in [1.29, 1.82) is 0 Å². The summed E-state index contributed by atoms with van der Waals surface area (Å²) in [6.45, 7) is 3.32. The average molecular weight is 276 g/mol. The van der Waals surface area contributed by atoms with Crippen molar-refractivity contribution < 1.29 is 9.59 Å². The number of carbonyl (C=O) groups is 2. The van der Waals surface area contributed by atoms with E-state index in [9.17, 15) is 9.59 Å². The van der Waals surface area contributed by atoms with Crippen molar-refractivity contribution in [1.82, 2.24) is 15.6 Å². The second-order valence-corrected chi connectivity index (χ2v) is 4.86. The van der Waals surface area contributed by atoms with E-state index in [1.807, 2.05) is 0 Å². The summed E-state index contributed by atoms with van der Waals surface area (Å²) in [5, 5.41) is 8.87. The quantitative estimate of drug-likeness (QED) is 0.721. The number of nitrogens with one attached hydrogen (secondary N) is 3. The van der Waals surface area contributed by atoms with Gasteiger partial charge in [0.2, 0.25) is 5.91 Å². The van der Waals surface area contributed by atoms with Gasteiger partial charge in [0.05, 0.1) is 17.4 Å². The number of rotatable bonds is 6. The Balaban J connectivity index is 1.93. The summed E-state index contributed by atoms with van der Waals surface area (Å²) in [5.74, 6) is -0.0920. The molecule has 6 heteroatoms. The molecule has 2 heterocycles. The van der Waals surface area contributed by atoms with Crippen LogP contribution in [0.3, 0.4) is 0 Å². The van der Waals surface area contributed by atoms with Gasteiger partial charge in [-0.25, -0.2) is 0 Å². The Labute approximate surface area is 118 Å². The van der Waals surface area contributed by atoms with Gasteiger partial charge in [0.25, 0.3) is 5.91 Å². The second-order valence-electron chi connectivity index (χ2n) is 4.86. The van der Waals surface area contributed by atoms with Gasteiger partial charge in [0.1, 0.15) is 0 Å². The minimum Gasteiger partial charge on any atom is -0.383 e. The Hall–Kier alpha value is -2.11. The first-order valence-electron chi connectivity index (χ1n) is 6.96. The van der Waals surface area contributed by atoms with Crippen molar-refractivity contribution in [2.75, 3.05) is 18.4 Å². The molecular weight excluding hydrogens is 256 g/mol. The van der Waals surface area contributed by atoms with Crippen molar-refractivity contribution in [3.8, 4) is 0 Å². The van der Waals surface area contributed by atoms with E-state index in [0.717, 1.165) is 25.1 Å². The molecule has 20 heavy (non-hydrogen) atoms. The summed E-state index contributed by atoms with van der Waals surface area (Å²) in [5.41, 5.74) is 1.32. The number of hydrogen-bond donors (Lipinski definition) is 3. The minimum absolute atomic E-state index is 0.0420. The summed E-state index contributed by atoms with van der Waals surface area (Å²) in [6, 6.07) is 1.74. The van der Waals surface area contributed by atoms with Gasteiger partial charge in [-0.1, -0.05) is 6.92 Å². The summed E-state index contributed by atoms with van der Waals surface area (Å²) >= 11 is 0. The van der Waals surface area contributed by atoms with Gasteiger partial charge in [-0.2, -0.15) is 0 Å². The number of hydrogen-bond acceptors (Lipinski definition) is 4. The molecule has 0 bridgehead atoms. The molecule has 0 saturated carbocycles. The molecule has 2 rings (SSSR count). The van der Waals surface area contributed by atoms with Crippen LogP contribution in [0.1, 0.15) is 36.5 Å². The van der Waals surface area contributed by atoms with Crippen LogP contribution in [0.4, 0.5) is 5.69 Å². The summed E-state index contributed by atoms with van der Waals surface area (Å²) in [4.78, 5) is 27.3. The Morgan fingerprint density at radius 1 is 1.55 bits per heavy atom. The van der Waals surface area contributed by atoms with Crippen LogP contribution in [0.25, 0.3) is 0 Å². The molecule has 6 nitrogen and oxygen atoms in total. The lowest BCUT2D eigenvalue weighted by Crippen LogP contribution is -2.38. The molecule has 1 aliphatic heterocycles. The summed E-state index contributed by atoms with van der Waals surface area (Å²) in [6.07, 6.45) is 5.55. The van der Waals surface area contributed by atoms with E-state index in [1.54, 1.807) is 18.5 Å². The van der Waals surface area contributed by atoms with E-state index in [2.05, 4.69) is 27.9 Å². The molecule has 1 saturated heterocycles. The van der Waals surface area contributed by atoms with Gasteiger partial charge < -0.3 is 16.0 Å². The zero-order valence-corrected chi connectivity index (χ0v) is 11.6. The second kappa shape index (κ2) is 6.88. The molecule has 108 valence electrons. The van der Waals surface area contributed by atoms with Crippen molar-refractivity contribution >= 4 is 17.5 Å². The number of anilines is 1. The van der Waals surface area contributed by atoms with E-state index >= 15 is 0 Å². The van der Waals surface area contributed by atoms with E-state index in [0.29, 0.717) is 18.5 Å². The normalized spacial score (nSPS) is 17.6. The zero-order chi connectivity index (χ0) is 14.4. The molecule has 2 amide bonds. The van der Waals surface area contributed by atoms with Crippen LogP contribution in [-0.2, 0) is 4.79 Å². The number of aromatic nitrogens is 1. The molecule has 1 unspecified atom stereocenters. The Bertz CT molecular complexity index is 490. The highest BCUT2D eigenvalue weighted by atomic mass is 16.2. The standard InChI is InChI=1S/C14H20N4O2/c1-2-6-16-12-9-15-7-5-11(12)14(20)17-8-10-3-4-13(19)18-10/h5,7,9-10,16H,2-4,6,8H2,1H3,(H,17,20)(H,18,19). The van der Waals surface area contributed by atoms with Crippen molar-refractivity contribution in [3.63, 3.8) is 0 Å². The average Bonchev–Trinajstić information content (AvgIpc) is 2.88. The van der Waals surface area contributed by atoms with Crippen LogP contribution in [0.2, 0.25) is 0 Å². The number of nitrogens with zero attached hydrogens (tertiary/aromatic N) is 1. The van der Waals surface area contributed by atoms with E-state index in [1.165, 1.54) is 0 Å². The van der Waals surface area contributed by atoms with Gasteiger partial charge in [0.15, 0.2) is 0 Å². The predicted octanol–water partition coefficient (Wildman–Crippen LogP) is 0.912. The third kappa shape index (κ3) is 3.69. The third-order valence-electron chi connectivity index (χ3n) is 3.23. The summed E-state index contributed by atoms with van der Waals surface area (Å²) in [7, 11) is 0. The topological polar surface area (TPSA) is 83.1 Å². The molecule has 1 aromatic rings. The fraction of sp³-hybridized carbons (Fsp3) is 0.500. The first kappa shape index (κ1) is 14.3. The first-order chi connectivity index (χ1) is 9.70. The minimum atomic E-state index is -0.146. The smallest absolute Gasteiger partial charge is 0.253 e. The monoisotopic (exact) mass is 276 g/mol. The lowest BCUT2D eigenvalue weighted by Gasteiger charge is -2.13. The van der Waals surface area contributed by atoms with E-state index in [4.69, 9.17) is 0 Å². The third-order valence-corrected chi connectivity index (χ3v) is 3.23. The van der Waals surface area contributed by atoms with Crippen molar-refractivity contribution in [2.45, 2.75) is 32.2 Å². The Morgan fingerprint density at radius 3 is 3.10 bits per heavy atom. The molecule has 1 aromatic heterocycles. The lowest BCUT2D eigenvalue weighted by molar-refractivity contribution is -0.119. The SMILES string of the molecule is CCCNc1cnccc1C(=O)NCC1CCC(=O)N1. The molecule has 1 fully saturated rings. The molecular formula is C14H20N4O2. The molecule has 0 aromatic carbocycles. The number of pyridine rings is 1. The Morgan fingerprint density at radius 2 is 2.40 bits per heavy atom. The highest BCUT2D eigenvalue weighted by Gasteiger charge is 2.21. The zero-order valence-electron chi connectivity index (χ0n) is 11.6. The molecule has 1 aliphatic rings.